The normalized spacial score (nSPS) is 11.2. The van der Waals surface area contributed by atoms with Crippen LogP contribution in [0.25, 0.3) is 0 Å². The van der Waals surface area contributed by atoms with Gasteiger partial charge >= 0.3 is 0 Å². The topological polar surface area (TPSA) is 115 Å². The van der Waals surface area contributed by atoms with E-state index in [1.807, 2.05) is 0 Å². The molecule has 7 nitrogen and oxygen atoms in total. The molecule has 2 rings (SSSR count). The third-order valence-electron chi connectivity index (χ3n) is 2.25. The molecule has 1 aromatic heterocycles. The summed E-state index contributed by atoms with van der Waals surface area (Å²) in [4.78, 5) is 11.6. The summed E-state index contributed by atoms with van der Waals surface area (Å²) in [5.74, 6) is -0.655. The Morgan fingerprint density at radius 1 is 1.26 bits per heavy atom. The standard InChI is InChI=1S/C11H11N3O4S/c12-19(16,17)7-8-1-3-9(4-2-8)13-11(15)10-5-6-18-14-10/h1-6H,7H2,(H,13,15)(H2,12,16,17). The van der Waals surface area contributed by atoms with Gasteiger partial charge in [0.15, 0.2) is 5.69 Å². The molecule has 0 spiro atoms. The summed E-state index contributed by atoms with van der Waals surface area (Å²) in [7, 11) is -3.56. The molecule has 0 fully saturated rings. The number of carbonyl (C=O) groups excluding carboxylic acids is 1. The molecular formula is C11H11N3O4S. The lowest BCUT2D eigenvalue weighted by Crippen LogP contribution is -2.15. The van der Waals surface area contributed by atoms with Crippen molar-refractivity contribution < 1.29 is 17.7 Å². The average Bonchev–Trinajstić information content (AvgIpc) is 2.83. The zero-order chi connectivity index (χ0) is 13.9. The van der Waals surface area contributed by atoms with Crippen LogP contribution in [0.5, 0.6) is 0 Å². The molecule has 0 aliphatic heterocycles. The highest BCUT2D eigenvalue weighted by Gasteiger charge is 2.09. The van der Waals surface area contributed by atoms with Gasteiger partial charge in [-0.25, -0.2) is 13.6 Å². The highest BCUT2D eigenvalue weighted by atomic mass is 32.2. The van der Waals surface area contributed by atoms with Crippen LogP contribution in [0.2, 0.25) is 0 Å². The maximum absolute atomic E-state index is 11.6. The van der Waals surface area contributed by atoms with Crippen molar-refractivity contribution in [3.05, 3.63) is 47.9 Å². The summed E-state index contributed by atoms with van der Waals surface area (Å²) in [6.45, 7) is 0. The Balaban J connectivity index is 2.05. The summed E-state index contributed by atoms with van der Waals surface area (Å²) in [5.41, 5.74) is 1.22. The van der Waals surface area contributed by atoms with Crippen molar-refractivity contribution in [2.75, 3.05) is 5.32 Å². The van der Waals surface area contributed by atoms with Gasteiger partial charge in [0.1, 0.15) is 6.26 Å². The number of sulfonamides is 1. The second kappa shape index (κ2) is 5.21. The second-order valence-electron chi connectivity index (χ2n) is 3.84. The van der Waals surface area contributed by atoms with Crippen molar-refractivity contribution in [3.8, 4) is 0 Å². The van der Waals surface area contributed by atoms with E-state index in [9.17, 15) is 13.2 Å². The zero-order valence-corrected chi connectivity index (χ0v) is 10.6. The van der Waals surface area contributed by atoms with Gasteiger partial charge in [0.2, 0.25) is 10.0 Å². The van der Waals surface area contributed by atoms with E-state index in [2.05, 4.69) is 15.0 Å². The quantitative estimate of drug-likeness (QED) is 0.856. The van der Waals surface area contributed by atoms with E-state index in [0.717, 1.165) is 0 Å². The first kappa shape index (κ1) is 13.2. The second-order valence-corrected chi connectivity index (χ2v) is 5.46. The largest absolute Gasteiger partial charge is 0.364 e. The van der Waals surface area contributed by atoms with Gasteiger partial charge in [0.25, 0.3) is 5.91 Å². The van der Waals surface area contributed by atoms with Crippen molar-refractivity contribution in [1.29, 1.82) is 0 Å². The molecule has 3 N–H and O–H groups in total. The number of carbonyl (C=O) groups is 1. The predicted molar refractivity (Wildman–Crippen MR) is 67.7 cm³/mol. The number of primary sulfonamides is 1. The lowest BCUT2D eigenvalue weighted by Gasteiger charge is -2.04. The van der Waals surface area contributed by atoms with Crippen LogP contribution in [-0.4, -0.2) is 19.5 Å². The molecule has 1 heterocycles. The molecule has 8 heteroatoms. The molecule has 19 heavy (non-hydrogen) atoms. The van der Waals surface area contributed by atoms with E-state index in [1.54, 1.807) is 24.3 Å². The predicted octanol–water partition coefficient (Wildman–Crippen LogP) is 0.715. The SMILES string of the molecule is NS(=O)(=O)Cc1ccc(NC(=O)c2ccon2)cc1. The average molecular weight is 281 g/mol. The summed E-state index contributed by atoms with van der Waals surface area (Å²) in [5, 5.41) is 11.0. The van der Waals surface area contributed by atoms with E-state index in [1.165, 1.54) is 12.3 Å². The van der Waals surface area contributed by atoms with Crippen molar-refractivity contribution in [2.24, 2.45) is 5.14 Å². The van der Waals surface area contributed by atoms with Gasteiger partial charge in [-0.1, -0.05) is 17.3 Å². The number of hydrogen-bond donors (Lipinski definition) is 2. The number of nitrogens with two attached hydrogens (primary N) is 1. The van der Waals surface area contributed by atoms with Crippen molar-refractivity contribution in [1.82, 2.24) is 5.16 Å². The third-order valence-corrected chi connectivity index (χ3v) is 2.99. The molecular weight excluding hydrogens is 270 g/mol. The van der Waals surface area contributed by atoms with Crippen molar-refractivity contribution in [3.63, 3.8) is 0 Å². The Labute approximate surface area is 109 Å². The van der Waals surface area contributed by atoms with E-state index >= 15 is 0 Å². The number of nitrogens with zero attached hydrogens (tertiary/aromatic N) is 1. The minimum Gasteiger partial charge on any atom is -0.364 e. The number of hydrogen-bond acceptors (Lipinski definition) is 5. The zero-order valence-electron chi connectivity index (χ0n) is 9.74. The van der Waals surface area contributed by atoms with Crippen LogP contribution in [0.4, 0.5) is 5.69 Å². The van der Waals surface area contributed by atoms with Gasteiger partial charge in [-0.15, -0.1) is 0 Å². The Bertz CT molecular complexity index is 662. The molecule has 0 radical (unpaired) electrons. The minimum absolute atomic E-state index is 0.161. The van der Waals surface area contributed by atoms with Gasteiger partial charge in [-0.05, 0) is 17.7 Å². The molecule has 100 valence electrons. The lowest BCUT2D eigenvalue weighted by molar-refractivity contribution is 0.101. The highest BCUT2D eigenvalue weighted by Crippen LogP contribution is 2.12. The molecule has 2 aromatic rings. The summed E-state index contributed by atoms with van der Waals surface area (Å²) >= 11 is 0. The Kier molecular flexibility index (Phi) is 3.63. The van der Waals surface area contributed by atoms with Crippen LogP contribution in [0.3, 0.4) is 0 Å². The van der Waals surface area contributed by atoms with Crippen molar-refractivity contribution in [2.45, 2.75) is 5.75 Å². The van der Waals surface area contributed by atoms with Gasteiger partial charge in [0.05, 0.1) is 5.75 Å². The van der Waals surface area contributed by atoms with Crippen LogP contribution in [0.1, 0.15) is 16.1 Å². The molecule has 0 saturated carbocycles. The molecule has 1 aromatic carbocycles. The van der Waals surface area contributed by atoms with E-state index in [0.29, 0.717) is 11.3 Å². The Morgan fingerprint density at radius 2 is 1.95 bits per heavy atom. The minimum atomic E-state index is -3.56. The number of anilines is 1. The fraction of sp³-hybridized carbons (Fsp3) is 0.0909. The molecule has 0 unspecified atom stereocenters. The molecule has 0 bridgehead atoms. The van der Waals surface area contributed by atoms with E-state index < -0.39 is 15.9 Å². The van der Waals surface area contributed by atoms with Crippen LogP contribution in [0.15, 0.2) is 41.1 Å². The van der Waals surface area contributed by atoms with Gasteiger partial charge in [-0.2, -0.15) is 0 Å². The third kappa shape index (κ3) is 3.90. The number of aromatic nitrogens is 1. The summed E-state index contributed by atoms with van der Waals surface area (Å²) in [6.07, 6.45) is 1.30. The Hall–Kier alpha value is -2.19. The molecule has 0 saturated heterocycles. The monoisotopic (exact) mass is 281 g/mol. The first-order valence-corrected chi connectivity index (χ1v) is 6.97. The number of nitrogens with one attached hydrogen (secondary N) is 1. The number of rotatable bonds is 4. The fourth-order valence-electron chi connectivity index (χ4n) is 1.44. The first-order valence-electron chi connectivity index (χ1n) is 5.25. The van der Waals surface area contributed by atoms with Crippen molar-refractivity contribution >= 4 is 21.6 Å². The van der Waals surface area contributed by atoms with Gasteiger partial charge in [-0.3, -0.25) is 4.79 Å². The molecule has 0 atom stereocenters. The van der Waals surface area contributed by atoms with Crippen LogP contribution in [0, 0.1) is 0 Å². The van der Waals surface area contributed by atoms with Crippen LogP contribution < -0.4 is 10.5 Å². The number of amides is 1. The smallest absolute Gasteiger partial charge is 0.277 e. The lowest BCUT2D eigenvalue weighted by atomic mass is 10.2. The number of benzene rings is 1. The summed E-state index contributed by atoms with van der Waals surface area (Å²) < 4.78 is 26.4. The van der Waals surface area contributed by atoms with Crippen LogP contribution >= 0.6 is 0 Å². The van der Waals surface area contributed by atoms with Crippen LogP contribution in [-0.2, 0) is 15.8 Å². The van der Waals surface area contributed by atoms with E-state index in [4.69, 9.17) is 5.14 Å². The molecule has 1 amide bonds. The van der Waals surface area contributed by atoms with E-state index in [-0.39, 0.29) is 11.4 Å². The maximum atomic E-state index is 11.6. The first-order chi connectivity index (χ1) is 8.94. The molecule has 0 aliphatic carbocycles. The summed E-state index contributed by atoms with van der Waals surface area (Å²) in [6, 6.07) is 7.74. The van der Waals surface area contributed by atoms with Gasteiger partial charge in [0, 0.05) is 11.8 Å². The highest BCUT2D eigenvalue weighted by molar-refractivity contribution is 7.88. The maximum Gasteiger partial charge on any atom is 0.277 e. The Morgan fingerprint density at radius 3 is 2.47 bits per heavy atom. The fourth-order valence-corrected chi connectivity index (χ4v) is 2.10. The van der Waals surface area contributed by atoms with Gasteiger partial charge < -0.3 is 9.84 Å². The molecule has 0 aliphatic rings.